The number of esters is 2. The topological polar surface area (TPSA) is 130 Å². The third kappa shape index (κ3) is 4.94. The van der Waals surface area contributed by atoms with Gasteiger partial charge in [0.15, 0.2) is 0 Å². The van der Waals surface area contributed by atoms with E-state index in [-0.39, 0.29) is 22.7 Å². The second-order valence-corrected chi connectivity index (χ2v) is 7.89. The van der Waals surface area contributed by atoms with Crippen molar-refractivity contribution >= 4 is 29.0 Å². The zero-order valence-electron chi connectivity index (χ0n) is 20.2. The summed E-state index contributed by atoms with van der Waals surface area (Å²) in [6, 6.07) is 26.9. The van der Waals surface area contributed by atoms with E-state index in [0.29, 0.717) is 22.6 Å². The van der Waals surface area contributed by atoms with Crippen molar-refractivity contribution in [2.45, 2.75) is 5.92 Å². The van der Waals surface area contributed by atoms with Gasteiger partial charge in [0, 0.05) is 5.69 Å². The van der Waals surface area contributed by atoms with Gasteiger partial charge in [0.1, 0.15) is 11.5 Å². The Morgan fingerprint density at radius 3 is 1.92 bits per heavy atom. The number of hydrogen-bond acceptors (Lipinski definition) is 9. The van der Waals surface area contributed by atoms with E-state index in [1.807, 2.05) is 30.3 Å². The first-order valence-corrected chi connectivity index (χ1v) is 11.2. The van der Waals surface area contributed by atoms with E-state index in [2.05, 4.69) is 16.3 Å². The van der Waals surface area contributed by atoms with Crippen molar-refractivity contribution in [1.82, 2.24) is 0 Å². The number of carbonyl (C=O) groups excluding carboxylic acids is 2. The fourth-order valence-electron chi connectivity index (χ4n) is 4.06. The lowest BCUT2D eigenvalue weighted by molar-refractivity contribution is -0.139. The minimum atomic E-state index is -0.928. The van der Waals surface area contributed by atoms with Crippen LogP contribution >= 0.6 is 0 Å². The molecule has 0 amide bonds. The van der Waals surface area contributed by atoms with E-state index in [9.17, 15) is 14.9 Å². The lowest BCUT2D eigenvalue weighted by atomic mass is 9.81. The summed E-state index contributed by atoms with van der Waals surface area (Å²) >= 11 is 0. The van der Waals surface area contributed by atoms with Gasteiger partial charge >= 0.3 is 11.9 Å². The molecule has 1 unspecified atom stereocenters. The highest BCUT2D eigenvalue weighted by Crippen LogP contribution is 2.43. The number of carbonyl (C=O) groups is 2. The van der Waals surface area contributed by atoms with Crippen molar-refractivity contribution in [1.29, 1.82) is 5.26 Å². The minimum absolute atomic E-state index is 0.0110. The maximum Gasteiger partial charge on any atom is 0.355 e. The fourth-order valence-corrected chi connectivity index (χ4v) is 4.06. The molecule has 1 aliphatic rings. The van der Waals surface area contributed by atoms with Crippen molar-refractivity contribution in [3.63, 3.8) is 0 Å². The van der Waals surface area contributed by atoms with E-state index in [0.717, 1.165) is 0 Å². The Bertz CT molecular complexity index is 1440. The van der Waals surface area contributed by atoms with E-state index in [4.69, 9.17) is 15.2 Å². The summed E-state index contributed by atoms with van der Waals surface area (Å²) in [5, 5.41) is 18.5. The number of nitriles is 1. The summed E-state index contributed by atoms with van der Waals surface area (Å²) in [4.78, 5) is 27.5. The number of anilines is 1. The molecule has 0 saturated heterocycles. The number of nitrogens with zero attached hydrogens (tertiary/aromatic N) is 4. The van der Waals surface area contributed by atoms with Gasteiger partial charge in [-0.3, -0.25) is 4.90 Å². The summed E-state index contributed by atoms with van der Waals surface area (Å²) in [6.07, 6.45) is 0. The van der Waals surface area contributed by atoms with Crippen LogP contribution in [0.3, 0.4) is 0 Å². The third-order valence-corrected chi connectivity index (χ3v) is 5.76. The Labute approximate surface area is 213 Å². The minimum Gasteiger partial charge on any atom is -0.466 e. The van der Waals surface area contributed by atoms with Gasteiger partial charge in [-0.15, -0.1) is 0 Å². The average molecular weight is 494 g/mol. The van der Waals surface area contributed by atoms with Crippen LogP contribution in [-0.4, -0.2) is 26.2 Å². The Hall–Kier alpha value is -5.23. The molecule has 0 aliphatic carbocycles. The molecule has 0 aromatic heterocycles. The predicted octanol–water partition coefficient (Wildman–Crippen LogP) is 5.00. The summed E-state index contributed by atoms with van der Waals surface area (Å²) in [5.74, 6) is -2.53. The van der Waals surface area contributed by atoms with E-state index >= 15 is 0 Å². The molecule has 0 fully saturated rings. The van der Waals surface area contributed by atoms with Crippen molar-refractivity contribution in [3.8, 4) is 6.07 Å². The normalized spacial score (nSPS) is 15.5. The molecule has 4 rings (SSSR count). The molecule has 3 aromatic rings. The third-order valence-electron chi connectivity index (χ3n) is 5.76. The number of allylic oxidation sites excluding steroid dienone is 1. The van der Waals surface area contributed by atoms with Crippen LogP contribution in [0.5, 0.6) is 0 Å². The predicted molar refractivity (Wildman–Crippen MR) is 137 cm³/mol. The molecule has 1 heterocycles. The summed E-state index contributed by atoms with van der Waals surface area (Å²) in [6.45, 7) is 0. The maximum absolute atomic E-state index is 13.1. The Morgan fingerprint density at radius 2 is 1.38 bits per heavy atom. The zero-order chi connectivity index (χ0) is 26.4. The Balaban J connectivity index is 1.86. The molecule has 2 N–H and O–H groups in total. The summed E-state index contributed by atoms with van der Waals surface area (Å²) < 4.78 is 10.1. The van der Waals surface area contributed by atoms with Gasteiger partial charge in [-0.2, -0.15) is 15.5 Å². The lowest BCUT2D eigenvalue weighted by Crippen LogP contribution is -2.40. The number of methoxy groups -OCH3 is 2. The second-order valence-electron chi connectivity index (χ2n) is 7.89. The molecule has 3 aromatic carbocycles. The van der Waals surface area contributed by atoms with Crippen molar-refractivity contribution in [2.24, 2.45) is 16.0 Å². The van der Waals surface area contributed by atoms with Crippen LogP contribution < -0.4 is 10.6 Å². The van der Waals surface area contributed by atoms with Gasteiger partial charge in [0.2, 0.25) is 0 Å². The Kier molecular flexibility index (Phi) is 7.40. The number of hydrogen-bond donors (Lipinski definition) is 1. The monoisotopic (exact) mass is 493 g/mol. The number of rotatable bonds is 6. The molecule has 1 aliphatic heterocycles. The van der Waals surface area contributed by atoms with Gasteiger partial charge in [0.25, 0.3) is 0 Å². The highest BCUT2D eigenvalue weighted by molar-refractivity contribution is 6.06. The van der Waals surface area contributed by atoms with Gasteiger partial charge in [-0.1, -0.05) is 48.5 Å². The van der Waals surface area contributed by atoms with Crippen molar-refractivity contribution < 1.29 is 19.1 Å². The molecular formula is C28H23N5O4. The van der Waals surface area contributed by atoms with Crippen molar-refractivity contribution in [2.75, 3.05) is 19.1 Å². The van der Waals surface area contributed by atoms with E-state index in [1.165, 1.54) is 19.1 Å². The smallest absolute Gasteiger partial charge is 0.355 e. The molecule has 9 nitrogen and oxygen atoms in total. The van der Waals surface area contributed by atoms with Crippen molar-refractivity contribution in [3.05, 3.63) is 113 Å². The molecule has 37 heavy (non-hydrogen) atoms. The first-order chi connectivity index (χ1) is 18.0. The van der Waals surface area contributed by atoms with E-state index in [1.54, 1.807) is 54.6 Å². The molecule has 1 atom stereocenters. The highest BCUT2D eigenvalue weighted by Gasteiger charge is 2.42. The molecule has 9 heteroatoms. The highest BCUT2D eigenvalue weighted by atomic mass is 16.5. The number of nitrogens with two attached hydrogens (primary N) is 1. The van der Waals surface area contributed by atoms with Gasteiger partial charge in [-0.05, 0) is 42.0 Å². The first kappa shape index (κ1) is 24.9. The molecule has 0 radical (unpaired) electrons. The number of benzene rings is 3. The van der Waals surface area contributed by atoms with Crippen LogP contribution in [0.15, 0.2) is 118 Å². The van der Waals surface area contributed by atoms with Crippen LogP contribution in [0.2, 0.25) is 0 Å². The lowest BCUT2D eigenvalue weighted by Gasteiger charge is -2.35. The largest absolute Gasteiger partial charge is 0.466 e. The second kappa shape index (κ2) is 11.0. The molecule has 0 saturated carbocycles. The molecule has 0 bridgehead atoms. The standard InChI is InChI=1S/C28H23N5O4/c1-36-27(34)24-23(18-9-5-3-6-10-18)22(17-29)26(30)33(25(24)28(35)37-2)21-15-13-20(14-16-21)32-31-19-11-7-4-8-12-19/h3-16,23H,30H2,1-2H3. The van der Waals surface area contributed by atoms with Crippen LogP contribution in [-0.2, 0) is 19.1 Å². The Morgan fingerprint density at radius 1 is 0.838 bits per heavy atom. The summed E-state index contributed by atoms with van der Waals surface area (Å²) in [5.41, 5.74) is 8.65. The maximum atomic E-state index is 13.1. The van der Waals surface area contributed by atoms with Crippen LogP contribution in [0.1, 0.15) is 11.5 Å². The SMILES string of the molecule is COC(=O)C1=C(C(=O)OC)N(c2ccc(N=Nc3ccccc3)cc2)C(N)=C(C#N)C1c1ccccc1. The number of azo groups is 1. The van der Waals surface area contributed by atoms with Gasteiger partial charge in [-0.25, -0.2) is 9.59 Å². The fraction of sp³-hybridized carbons (Fsp3) is 0.107. The van der Waals surface area contributed by atoms with Crippen LogP contribution in [0.4, 0.5) is 17.1 Å². The summed E-state index contributed by atoms with van der Waals surface area (Å²) in [7, 11) is 2.41. The zero-order valence-corrected chi connectivity index (χ0v) is 20.2. The molecule has 184 valence electrons. The van der Waals surface area contributed by atoms with Crippen LogP contribution in [0.25, 0.3) is 0 Å². The molecule has 0 spiro atoms. The van der Waals surface area contributed by atoms with Gasteiger partial charge in [0.05, 0.1) is 48.7 Å². The average Bonchev–Trinajstić information content (AvgIpc) is 2.95. The van der Waals surface area contributed by atoms with Gasteiger partial charge < -0.3 is 15.2 Å². The molecular weight excluding hydrogens is 470 g/mol. The number of ether oxygens (including phenoxy) is 2. The van der Waals surface area contributed by atoms with Crippen LogP contribution in [0, 0.1) is 11.3 Å². The quantitative estimate of drug-likeness (QED) is 0.378. The first-order valence-electron chi connectivity index (χ1n) is 11.2. The van der Waals surface area contributed by atoms with E-state index < -0.39 is 17.9 Å².